The molecule has 0 radical (unpaired) electrons. The molecule has 1 unspecified atom stereocenters. The predicted octanol–water partition coefficient (Wildman–Crippen LogP) is 2.43. The largest absolute Gasteiger partial charge is 0.373 e. The molecule has 1 aliphatic heterocycles. The van der Waals surface area contributed by atoms with Gasteiger partial charge in [-0.25, -0.2) is 0 Å². The fourth-order valence-electron chi connectivity index (χ4n) is 1.43. The molecule has 10 heavy (non-hydrogen) atoms. The smallest absolute Gasteiger partial charge is 0.0840 e. The van der Waals surface area contributed by atoms with Crippen LogP contribution in [0.2, 0.25) is 0 Å². The number of alkyl halides is 1. The summed E-state index contributed by atoms with van der Waals surface area (Å²) in [6.07, 6.45) is 2.30. The highest BCUT2D eigenvalue weighted by Gasteiger charge is 2.37. The van der Waals surface area contributed by atoms with Crippen molar-refractivity contribution in [2.75, 3.05) is 12.5 Å². The van der Waals surface area contributed by atoms with E-state index in [0.29, 0.717) is 11.8 Å². The molecule has 0 aromatic heterocycles. The molecule has 0 aromatic rings. The van der Waals surface area contributed by atoms with Crippen LogP contribution in [0.5, 0.6) is 0 Å². The van der Waals surface area contributed by atoms with Gasteiger partial charge in [0.1, 0.15) is 0 Å². The number of halogens is 1. The number of hydrogen-bond acceptors (Lipinski definition) is 1. The minimum absolute atomic E-state index is 0.00154. The summed E-state index contributed by atoms with van der Waals surface area (Å²) in [5, 5.41) is 0. The zero-order valence-electron chi connectivity index (χ0n) is 6.69. The monoisotopic (exact) mass is 162 g/mol. The lowest BCUT2D eigenvalue weighted by molar-refractivity contribution is -0.0139. The molecule has 0 spiro atoms. The number of rotatable bonds is 2. The summed E-state index contributed by atoms with van der Waals surface area (Å²) in [7, 11) is 0. The lowest BCUT2D eigenvalue weighted by atomic mass is 9.89. The maximum absolute atomic E-state index is 5.83. The molecule has 1 atom stereocenters. The molecule has 1 nitrogen and oxygen atoms in total. The first-order valence-electron chi connectivity index (χ1n) is 3.91. The zero-order valence-corrected chi connectivity index (χ0v) is 7.45. The van der Waals surface area contributed by atoms with Gasteiger partial charge in [0.25, 0.3) is 0 Å². The van der Waals surface area contributed by atoms with Crippen LogP contribution in [0, 0.1) is 5.92 Å². The molecule has 0 saturated carbocycles. The Hall–Kier alpha value is 0.250. The number of hydrogen-bond donors (Lipinski definition) is 0. The molecule has 0 aliphatic carbocycles. The first kappa shape index (κ1) is 8.35. The molecule has 0 N–H and O–H groups in total. The first-order valence-corrected chi connectivity index (χ1v) is 4.45. The van der Waals surface area contributed by atoms with E-state index in [1.54, 1.807) is 0 Å². The number of ether oxygens (including phenoxy) is 1. The van der Waals surface area contributed by atoms with Gasteiger partial charge >= 0.3 is 0 Å². The average Bonchev–Trinajstić information content (AvgIpc) is 2.35. The van der Waals surface area contributed by atoms with E-state index < -0.39 is 0 Å². The Morgan fingerprint density at radius 2 is 2.30 bits per heavy atom. The third kappa shape index (κ3) is 1.30. The Labute approximate surface area is 67.7 Å². The second-order valence-electron chi connectivity index (χ2n) is 3.31. The summed E-state index contributed by atoms with van der Waals surface area (Å²) >= 11 is 5.83. The van der Waals surface area contributed by atoms with Crippen molar-refractivity contribution in [2.45, 2.75) is 32.3 Å². The van der Waals surface area contributed by atoms with Gasteiger partial charge in [0.15, 0.2) is 0 Å². The van der Waals surface area contributed by atoms with Crippen LogP contribution >= 0.6 is 11.6 Å². The van der Waals surface area contributed by atoms with Crippen LogP contribution in [0.1, 0.15) is 26.7 Å². The van der Waals surface area contributed by atoms with E-state index in [9.17, 15) is 0 Å². The molecular weight excluding hydrogens is 148 g/mol. The fourth-order valence-corrected chi connectivity index (χ4v) is 1.95. The van der Waals surface area contributed by atoms with Crippen molar-refractivity contribution in [1.82, 2.24) is 0 Å². The highest BCUT2D eigenvalue weighted by molar-refractivity contribution is 6.18. The lowest BCUT2D eigenvalue weighted by Gasteiger charge is -2.29. The van der Waals surface area contributed by atoms with Gasteiger partial charge in [-0.15, -0.1) is 11.6 Å². The van der Waals surface area contributed by atoms with Crippen LogP contribution in [0.3, 0.4) is 0 Å². The van der Waals surface area contributed by atoms with Gasteiger partial charge in [-0.05, 0) is 18.8 Å². The lowest BCUT2D eigenvalue weighted by Crippen LogP contribution is -2.36. The van der Waals surface area contributed by atoms with Crippen LogP contribution in [0.25, 0.3) is 0 Å². The molecule has 0 amide bonds. The van der Waals surface area contributed by atoms with Crippen molar-refractivity contribution >= 4 is 11.6 Å². The summed E-state index contributed by atoms with van der Waals surface area (Å²) in [4.78, 5) is 0. The molecule has 0 bridgehead atoms. The van der Waals surface area contributed by atoms with Crippen LogP contribution in [0.4, 0.5) is 0 Å². The molecule has 1 saturated heterocycles. The minimum Gasteiger partial charge on any atom is -0.373 e. The van der Waals surface area contributed by atoms with Gasteiger partial charge in [0.2, 0.25) is 0 Å². The molecule has 2 heteroatoms. The van der Waals surface area contributed by atoms with Gasteiger partial charge < -0.3 is 4.74 Å². The van der Waals surface area contributed by atoms with E-state index >= 15 is 0 Å². The molecule has 60 valence electrons. The van der Waals surface area contributed by atoms with Crippen molar-refractivity contribution in [3.63, 3.8) is 0 Å². The van der Waals surface area contributed by atoms with Gasteiger partial charge in [-0.2, -0.15) is 0 Å². The predicted molar refractivity (Wildman–Crippen MR) is 43.5 cm³/mol. The molecule has 1 heterocycles. The minimum atomic E-state index is 0.00154. The third-order valence-corrected chi connectivity index (χ3v) is 2.86. The summed E-state index contributed by atoms with van der Waals surface area (Å²) in [6, 6.07) is 0. The Bertz CT molecular complexity index is 106. The molecule has 1 aliphatic rings. The summed E-state index contributed by atoms with van der Waals surface area (Å²) < 4.78 is 5.62. The second-order valence-corrected chi connectivity index (χ2v) is 3.57. The van der Waals surface area contributed by atoms with Crippen LogP contribution in [-0.2, 0) is 4.74 Å². The van der Waals surface area contributed by atoms with Crippen molar-refractivity contribution in [3.8, 4) is 0 Å². The van der Waals surface area contributed by atoms with E-state index in [2.05, 4.69) is 13.8 Å². The average molecular weight is 163 g/mol. The maximum atomic E-state index is 5.83. The van der Waals surface area contributed by atoms with Gasteiger partial charge in [-0.1, -0.05) is 13.8 Å². The zero-order chi connectivity index (χ0) is 7.61. The molecule has 1 rings (SSSR count). The van der Waals surface area contributed by atoms with E-state index in [-0.39, 0.29) is 5.60 Å². The molecule has 0 aromatic carbocycles. The van der Waals surface area contributed by atoms with Crippen LogP contribution in [0.15, 0.2) is 0 Å². The van der Waals surface area contributed by atoms with Crippen molar-refractivity contribution < 1.29 is 4.74 Å². The summed E-state index contributed by atoms with van der Waals surface area (Å²) in [5.41, 5.74) is 0.00154. The Balaban J connectivity index is 2.58. The van der Waals surface area contributed by atoms with E-state index in [0.717, 1.165) is 13.0 Å². The van der Waals surface area contributed by atoms with Crippen LogP contribution in [-0.4, -0.2) is 18.1 Å². The molecule has 1 fully saturated rings. The highest BCUT2D eigenvalue weighted by Crippen LogP contribution is 2.33. The third-order valence-electron chi connectivity index (χ3n) is 2.41. The topological polar surface area (TPSA) is 9.23 Å². The Morgan fingerprint density at radius 1 is 1.60 bits per heavy atom. The summed E-state index contributed by atoms with van der Waals surface area (Å²) in [6.45, 7) is 5.24. The van der Waals surface area contributed by atoms with Gasteiger partial charge in [0, 0.05) is 6.61 Å². The van der Waals surface area contributed by atoms with E-state index in [1.807, 2.05) is 0 Å². The quantitative estimate of drug-likeness (QED) is 0.567. The first-order chi connectivity index (χ1) is 4.71. The second kappa shape index (κ2) is 3.10. The SMILES string of the molecule is CC(C)C1(CCl)CCCO1. The van der Waals surface area contributed by atoms with Crippen molar-refractivity contribution in [1.29, 1.82) is 0 Å². The molecular formula is C8H15ClO. The Kier molecular flexibility index (Phi) is 2.59. The van der Waals surface area contributed by atoms with Gasteiger partial charge in [-0.3, -0.25) is 0 Å². The van der Waals surface area contributed by atoms with E-state index in [1.165, 1.54) is 6.42 Å². The maximum Gasteiger partial charge on any atom is 0.0840 e. The summed E-state index contributed by atoms with van der Waals surface area (Å²) in [5.74, 6) is 1.19. The highest BCUT2D eigenvalue weighted by atomic mass is 35.5. The van der Waals surface area contributed by atoms with Crippen molar-refractivity contribution in [2.24, 2.45) is 5.92 Å². The fraction of sp³-hybridized carbons (Fsp3) is 1.00. The van der Waals surface area contributed by atoms with Gasteiger partial charge in [0.05, 0.1) is 11.5 Å². The standard InChI is InChI=1S/C8H15ClO/c1-7(2)8(6-9)4-3-5-10-8/h7H,3-6H2,1-2H3. The van der Waals surface area contributed by atoms with Crippen molar-refractivity contribution in [3.05, 3.63) is 0 Å². The van der Waals surface area contributed by atoms with E-state index in [4.69, 9.17) is 16.3 Å². The Morgan fingerprint density at radius 3 is 2.50 bits per heavy atom. The van der Waals surface area contributed by atoms with Crippen LogP contribution < -0.4 is 0 Å². The normalized spacial score (nSPS) is 33.6.